The van der Waals surface area contributed by atoms with Gasteiger partial charge in [-0.2, -0.15) is 0 Å². The van der Waals surface area contributed by atoms with Gasteiger partial charge in [0, 0.05) is 52.8 Å². The third kappa shape index (κ3) is 3.91. The molecule has 2 amide bonds. The number of aromatic nitrogens is 1. The van der Waals surface area contributed by atoms with Gasteiger partial charge in [-0.15, -0.1) is 0 Å². The summed E-state index contributed by atoms with van der Waals surface area (Å²) < 4.78 is 150. The van der Waals surface area contributed by atoms with Gasteiger partial charge < -0.3 is 24.3 Å². The fourth-order valence-corrected chi connectivity index (χ4v) is 5.01. The normalized spacial score (nSPS) is 30.8. The number of benzene rings is 2. The topological polar surface area (TPSA) is 74.9 Å². The second-order valence-corrected chi connectivity index (χ2v) is 8.39. The lowest BCUT2D eigenvalue weighted by Gasteiger charge is -2.47. The van der Waals surface area contributed by atoms with Crippen LogP contribution in [0, 0.1) is 0 Å². The van der Waals surface area contributed by atoms with Crippen LogP contribution in [0.5, 0.6) is 11.5 Å². The molecule has 0 bridgehead atoms. The second-order valence-electron chi connectivity index (χ2n) is 8.39. The number of H-pyrrole nitrogens is 1. The Morgan fingerprint density at radius 1 is 1.06 bits per heavy atom. The Balaban J connectivity index is 1.41. The highest BCUT2D eigenvalue weighted by molar-refractivity contribution is 5.97. The fourth-order valence-electron chi connectivity index (χ4n) is 5.01. The molecule has 7 heteroatoms. The zero-order valence-corrected chi connectivity index (χ0v) is 18.8. The number of amides is 2. The molecule has 7 nitrogen and oxygen atoms in total. The molecule has 0 aliphatic carbocycles. The highest BCUT2D eigenvalue weighted by Gasteiger charge is 2.48. The van der Waals surface area contributed by atoms with Crippen LogP contribution in [-0.4, -0.2) is 52.5 Å². The van der Waals surface area contributed by atoms with Crippen molar-refractivity contribution < 1.29 is 42.4 Å². The van der Waals surface area contributed by atoms with Crippen molar-refractivity contribution in [1.29, 1.82) is 0 Å². The van der Waals surface area contributed by atoms with Crippen LogP contribution in [0.1, 0.15) is 91.3 Å². The van der Waals surface area contributed by atoms with E-state index in [1.165, 1.54) is 4.90 Å². The number of hydrogen-bond acceptors (Lipinski definition) is 4. The molecule has 1 aromatic heterocycles. The molecule has 1 N–H and O–H groups in total. The van der Waals surface area contributed by atoms with Crippen LogP contribution in [0.3, 0.4) is 0 Å². The molecule has 1 fully saturated rings. The minimum Gasteiger partial charge on any atom is -0.454 e. The third-order valence-electron chi connectivity index (χ3n) is 6.48. The number of piperazine rings is 1. The van der Waals surface area contributed by atoms with E-state index in [2.05, 4.69) is 4.98 Å². The summed E-state index contributed by atoms with van der Waals surface area (Å²) in [6.45, 7) is -9.10. The molecule has 36 heavy (non-hydrogen) atoms. The maximum absolute atomic E-state index is 14.4. The van der Waals surface area contributed by atoms with Crippen molar-refractivity contribution in [3.63, 3.8) is 0 Å². The molecule has 6 rings (SSSR count). The zero-order valence-electron chi connectivity index (χ0n) is 35.8. The Labute approximate surface area is 235 Å². The molecule has 4 heterocycles. The maximum Gasteiger partial charge on any atom is 0.246 e. The highest BCUT2D eigenvalue weighted by Crippen LogP contribution is 2.44. The largest absolute Gasteiger partial charge is 0.454 e. The highest BCUT2D eigenvalue weighted by atomic mass is 16.7. The number of rotatable bonds is 8. The number of hydrogen-bond donors (Lipinski definition) is 1. The Bertz CT molecular complexity index is 1990. The van der Waals surface area contributed by atoms with Gasteiger partial charge in [0.1, 0.15) is 6.04 Å². The van der Waals surface area contributed by atoms with Crippen molar-refractivity contribution in [3.8, 4) is 11.5 Å². The van der Waals surface area contributed by atoms with Gasteiger partial charge in [0.2, 0.25) is 18.6 Å². The summed E-state index contributed by atoms with van der Waals surface area (Å²) in [7, 11) is 0. The average molecular weight is 505 g/mol. The van der Waals surface area contributed by atoms with Gasteiger partial charge in [-0.3, -0.25) is 9.59 Å². The van der Waals surface area contributed by atoms with E-state index >= 15 is 0 Å². The summed E-state index contributed by atoms with van der Waals surface area (Å²) in [4.78, 5) is 33.2. The number of fused-ring (bicyclic) bond motifs is 5. The van der Waals surface area contributed by atoms with E-state index in [-0.39, 0.29) is 18.1 Å². The third-order valence-corrected chi connectivity index (χ3v) is 6.48. The molecule has 1 unspecified atom stereocenters. The lowest BCUT2D eigenvalue weighted by Crippen LogP contribution is -2.63. The van der Waals surface area contributed by atoms with Crippen molar-refractivity contribution in [2.75, 3.05) is 19.8 Å². The predicted molar refractivity (Wildman–Crippen MR) is 137 cm³/mol. The predicted octanol–water partition coefficient (Wildman–Crippen LogP) is 4.94. The Morgan fingerprint density at radius 2 is 1.89 bits per heavy atom. The van der Waals surface area contributed by atoms with Crippen molar-refractivity contribution in [2.24, 2.45) is 0 Å². The van der Waals surface area contributed by atoms with E-state index in [0.717, 1.165) is 0 Å². The van der Waals surface area contributed by atoms with Crippen molar-refractivity contribution in [2.45, 2.75) is 63.6 Å². The number of nitrogens with zero attached hydrogens (tertiary/aromatic N) is 2. The smallest absolute Gasteiger partial charge is 0.246 e. The molecular formula is C29H33N3O4. The van der Waals surface area contributed by atoms with Gasteiger partial charge in [-0.05, 0) is 35.7 Å². The van der Waals surface area contributed by atoms with E-state index < -0.39 is 82.0 Å². The molecule has 3 aliphatic rings. The molecule has 0 saturated carbocycles. The standard InChI is InChI=1S/C29H33N3O4/c1-2-3-4-5-6-9-14-31-17-26(33)32-23(29(31)34)16-21-20-10-7-8-11-22(20)30-27(21)28(32)19-12-13-24-25(15-19)36-18-35-24/h7-8,10-13,15,23,28,30H,2-6,9,14,16-18H2,1H3/t23?,28-/m1/s1/i1D3,2D2,3D2,4D2,5D2,6D2,9D2,14D2. The molecule has 3 aliphatic heterocycles. The molecule has 3 aromatic rings. The first-order valence-electron chi connectivity index (χ1n) is 19.7. The lowest BCUT2D eigenvalue weighted by molar-refractivity contribution is -0.158. The van der Waals surface area contributed by atoms with Gasteiger partial charge in [-0.25, -0.2) is 0 Å². The van der Waals surface area contributed by atoms with E-state index in [1.807, 2.05) is 0 Å². The number of nitrogens with one attached hydrogen (secondary N) is 1. The number of aromatic amines is 1. The number of carbonyl (C=O) groups excluding carboxylic acids is 2. The lowest BCUT2D eigenvalue weighted by atomic mass is 9.86. The van der Waals surface area contributed by atoms with Gasteiger partial charge in [0.25, 0.3) is 0 Å². The minimum atomic E-state index is -4.53. The van der Waals surface area contributed by atoms with Crippen molar-refractivity contribution >= 4 is 22.7 Å². The first-order chi connectivity index (χ1) is 24.1. The molecule has 1 saturated heterocycles. The summed E-state index contributed by atoms with van der Waals surface area (Å²) >= 11 is 0. The number of carbonyl (C=O) groups is 2. The summed E-state index contributed by atoms with van der Waals surface area (Å²) in [5.74, 6) is -1.32. The Morgan fingerprint density at radius 3 is 2.81 bits per heavy atom. The monoisotopic (exact) mass is 504 g/mol. The molecule has 0 spiro atoms. The second kappa shape index (κ2) is 9.52. The number of para-hydroxylation sites is 1. The molecule has 0 radical (unpaired) electrons. The first kappa shape index (κ1) is 10.9. The number of ether oxygens (including phenoxy) is 2. The van der Waals surface area contributed by atoms with E-state index in [0.29, 0.717) is 39.2 Å². The van der Waals surface area contributed by atoms with Crippen LogP contribution in [0.4, 0.5) is 0 Å². The quantitative estimate of drug-likeness (QED) is 0.471. The van der Waals surface area contributed by atoms with Crippen LogP contribution in [0.2, 0.25) is 0 Å². The molecular weight excluding hydrogens is 454 g/mol. The van der Waals surface area contributed by atoms with Gasteiger partial charge in [0.05, 0.1) is 12.6 Å². The molecule has 2 aromatic carbocycles. The average Bonchev–Trinajstić information content (AvgIpc) is 3.68. The van der Waals surface area contributed by atoms with Gasteiger partial charge in [-0.1, -0.05) is 63.0 Å². The van der Waals surface area contributed by atoms with E-state index in [4.69, 9.17) is 32.8 Å². The summed E-state index contributed by atoms with van der Waals surface area (Å²) in [5.41, 5.74) is 2.23. The van der Waals surface area contributed by atoms with Crippen LogP contribution in [0.15, 0.2) is 42.5 Å². The van der Waals surface area contributed by atoms with Crippen LogP contribution < -0.4 is 9.47 Å². The molecule has 188 valence electrons. The maximum atomic E-state index is 14.4. The van der Waals surface area contributed by atoms with Gasteiger partial charge >= 0.3 is 0 Å². The Hall–Kier alpha value is -3.48. The fraction of sp³-hybridized carbons (Fsp3) is 0.448. The molecule has 2 atom stereocenters. The van der Waals surface area contributed by atoms with Gasteiger partial charge in [0.15, 0.2) is 11.5 Å². The van der Waals surface area contributed by atoms with Crippen molar-refractivity contribution in [1.82, 2.24) is 14.8 Å². The summed E-state index contributed by atoms with van der Waals surface area (Å²) in [5, 5.41) is 0.668. The van der Waals surface area contributed by atoms with Crippen molar-refractivity contribution in [3.05, 3.63) is 59.3 Å². The van der Waals surface area contributed by atoms with E-state index in [1.54, 1.807) is 42.5 Å². The SMILES string of the molecule is [2H]C([2H])([2H])C([2H])([2H])C([2H])([2H])C([2H])([2H])C([2H])([2H])C([2H])([2H])C([2H])([2H])C([2H])([2H])N1CC(=O)N2C(Cc3c([nH]c4ccccc34)[C@H]2c2ccc3c(c2)OCO3)C1=O. The van der Waals surface area contributed by atoms with E-state index in [9.17, 15) is 9.59 Å². The van der Waals surface area contributed by atoms with Crippen LogP contribution in [0.25, 0.3) is 10.9 Å². The summed E-state index contributed by atoms with van der Waals surface area (Å²) in [6.07, 6.45) is -26.5. The zero-order chi connectivity index (χ0) is 39.7. The first-order valence-corrected chi connectivity index (χ1v) is 11.2. The Kier molecular flexibility index (Phi) is 2.88. The summed E-state index contributed by atoms with van der Waals surface area (Å²) in [6, 6.07) is 9.41. The minimum absolute atomic E-state index is 0.0546. The van der Waals surface area contributed by atoms with Crippen LogP contribution >= 0.6 is 0 Å². The van der Waals surface area contributed by atoms with Crippen LogP contribution in [-0.2, 0) is 16.0 Å².